The molecule has 0 spiro atoms. The van der Waals surface area contributed by atoms with Crippen molar-refractivity contribution in [3.63, 3.8) is 0 Å². The first-order valence-corrected chi connectivity index (χ1v) is 18.8. The number of rotatable bonds is 8. The Morgan fingerprint density at radius 2 is 1.46 bits per heavy atom. The molecule has 3 saturated heterocycles. The average Bonchev–Trinajstić information content (AvgIpc) is 3.50. The zero-order chi connectivity index (χ0) is 33.5. The first kappa shape index (κ1) is 34.3. The molecule has 0 bridgehead atoms. The molecule has 48 heavy (non-hydrogen) atoms. The molecule has 4 aliphatic heterocycles. The molecule has 4 aliphatic rings. The predicted octanol–water partition coefficient (Wildman–Crippen LogP) is 5.85. The number of hydrogen-bond acceptors (Lipinski definition) is 4. The molecule has 2 aromatic rings. The van der Waals surface area contributed by atoms with E-state index >= 15 is 0 Å². The van der Waals surface area contributed by atoms with Crippen LogP contribution in [0.25, 0.3) is 0 Å². The second-order valence-electron chi connectivity index (χ2n) is 14.3. The summed E-state index contributed by atoms with van der Waals surface area (Å²) < 4.78 is 0. The first-order chi connectivity index (χ1) is 23.4. The highest BCUT2D eigenvalue weighted by atomic mass is 16.2. The van der Waals surface area contributed by atoms with Crippen LogP contribution in [-0.2, 0) is 30.5 Å². The van der Waals surface area contributed by atoms with E-state index in [-0.39, 0.29) is 24.0 Å². The molecule has 3 fully saturated rings. The Morgan fingerprint density at radius 3 is 2.17 bits per heavy atom. The minimum atomic E-state index is -0.614. The fraction of sp³-hybridized carbons (Fsp3) is 0.615. The number of nitrogens with one attached hydrogen (secondary N) is 2. The number of aryl methyl sites for hydroxylation is 2. The molecule has 5 amide bonds. The van der Waals surface area contributed by atoms with Gasteiger partial charge in [0.05, 0.1) is 0 Å². The normalized spacial score (nSPS) is 20.8. The Bertz CT molecular complexity index is 1410. The fourth-order valence-electron chi connectivity index (χ4n) is 8.41. The summed E-state index contributed by atoms with van der Waals surface area (Å²) in [5, 5.41) is 6.28. The van der Waals surface area contributed by atoms with Crippen molar-refractivity contribution in [2.24, 2.45) is 0 Å². The Morgan fingerprint density at radius 1 is 0.792 bits per heavy atom. The molecule has 0 aromatic heterocycles. The van der Waals surface area contributed by atoms with Crippen LogP contribution in [-0.4, -0.2) is 102 Å². The van der Waals surface area contributed by atoms with Crippen molar-refractivity contribution < 1.29 is 14.4 Å². The third-order valence-electron chi connectivity index (χ3n) is 11.3. The average molecular weight is 657 g/mol. The van der Waals surface area contributed by atoms with E-state index in [0.29, 0.717) is 32.1 Å². The lowest BCUT2D eigenvalue weighted by atomic mass is 9.95. The Balaban J connectivity index is 1.09. The molecule has 2 N–H and O–H groups in total. The van der Waals surface area contributed by atoms with Crippen LogP contribution >= 0.6 is 0 Å². The van der Waals surface area contributed by atoms with Gasteiger partial charge in [-0.25, -0.2) is 9.59 Å². The van der Waals surface area contributed by atoms with Gasteiger partial charge < -0.3 is 30.2 Å². The third kappa shape index (κ3) is 8.16. The lowest BCUT2D eigenvalue weighted by molar-refractivity contribution is -0.134. The summed E-state index contributed by atoms with van der Waals surface area (Å²) in [6.07, 6.45) is 11.9. The number of nitrogens with zero attached hydrogens (tertiary/aromatic N) is 4. The summed E-state index contributed by atoms with van der Waals surface area (Å²) in [6, 6.07) is 14.3. The molecule has 260 valence electrons. The Hall–Kier alpha value is -3.59. The van der Waals surface area contributed by atoms with Gasteiger partial charge in [0.2, 0.25) is 5.91 Å². The summed E-state index contributed by atoms with van der Waals surface area (Å²) in [5.41, 5.74) is 5.79. The number of benzene rings is 2. The van der Waals surface area contributed by atoms with E-state index in [9.17, 15) is 14.4 Å². The summed E-state index contributed by atoms with van der Waals surface area (Å²) in [5.74, 6) is 0.0333. The topological polar surface area (TPSA) is 88.2 Å². The number of hydrogen-bond donors (Lipinski definition) is 2. The maximum absolute atomic E-state index is 14.2. The van der Waals surface area contributed by atoms with Crippen LogP contribution in [0.1, 0.15) is 87.5 Å². The van der Waals surface area contributed by atoms with Gasteiger partial charge in [-0.1, -0.05) is 63.1 Å². The standard InChI is InChI=1S/C39H56N6O3/c1-3-30-14-13-29(27-31(30)4-2)28-36(37(46)43-22-16-33(17-23-43)42-20-9-5-6-10-21-42)41-38(47)44-24-18-34(19-25-44)45-26-15-32-11-7-8-12-35(32)40-39(45)48/h7-8,11-14,27,33-34,36H,3-6,9-10,15-26,28H2,1-2H3,(H,40,48)(H,41,47). The summed E-state index contributed by atoms with van der Waals surface area (Å²) in [4.78, 5) is 49.6. The first-order valence-electron chi connectivity index (χ1n) is 18.8. The van der Waals surface area contributed by atoms with Gasteiger partial charge in [0, 0.05) is 56.9 Å². The highest BCUT2D eigenvalue weighted by Crippen LogP contribution is 2.26. The fourth-order valence-corrected chi connectivity index (χ4v) is 8.41. The van der Waals surface area contributed by atoms with Crippen molar-refractivity contribution in [3.8, 4) is 0 Å². The van der Waals surface area contributed by atoms with Crippen molar-refractivity contribution in [2.45, 2.75) is 109 Å². The zero-order valence-electron chi connectivity index (χ0n) is 29.2. The minimum Gasteiger partial charge on any atom is -0.341 e. The van der Waals surface area contributed by atoms with Gasteiger partial charge >= 0.3 is 12.1 Å². The van der Waals surface area contributed by atoms with Crippen LogP contribution in [0.3, 0.4) is 0 Å². The van der Waals surface area contributed by atoms with Gasteiger partial charge in [-0.2, -0.15) is 0 Å². The number of anilines is 1. The van der Waals surface area contributed by atoms with E-state index in [2.05, 4.69) is 53.6 Å². The molecular weight excluding hydrogens is 600 g/mol. The lowest BCUT2D eigenvalue weighted by Crippen LogP contribution is -2.57. The summed E-state index contributed by atoms with van der Waals surface area (Å²) in [7, 11) is 0. The molecule has 9 nitrogen and oxygen atoms in total. The number of carbonyl (C=O) groups is 3. The van der Waals surface area contributed by atoms with Gasteiger partial charge in [0.25, 0.3) is 0 Å². The molecular formula is C39H56N6O3. The second-order valence-corrected chi connectivity index (χ2v) is 14.3. The molecule has 1 atom stereocenters. The molecule has 0 saturated carbocycles. The summed E-state index contributed by atoms with van der Waals surface area (Å²) in [6.45, 7) is 9.98. The van der Waals surface area contributed by atoms with Gasteiger partial charge in [0.1, 0.15) is 6.04 Å². The van der Waals surface area contributed by atoms with E-state index in [4.69, 9.17) is 0 Å². The molecule has 4 heterocycles. The highest BCUT2D eigenvalue weighted by Gasteiger charge is 2.35. The van der Waals surface area contributed by atoms with Gasteiger partial charge in [-0.15, -0.1) is 0 Å². The molecule has 9 heteroatoms. The number of carbonyl (C=O) groups excluding carboxylic acids is 3. The molecule has 0 aliphatic carbocycles. The smallest absolute Gasteiger partial charge is 0.322 e. The Kier molecular flexibility index (Phi) is 11.6. The van der Waals surface area contributed by atoms with Crippen LogP contribution in [0.5, 0.6) is 0 Å². The van der Waals surface area contributed by atoms with Crippen LogP contribution in [0.15, 0.2) is 42.5 Å². The van der Waals surface area contributed by atoms with Crippen molar-refractivity contribution in [1.29, 1.82) is 0 Å². The molecule has 6 rings (SSSR count). The van der Waals surface area contributed by atoms with E-state index in [0.717, 1.165) is 74.8 Å². The summed E-state index contributed by atoms with van der Waals surface area (Å²) >= 11 is 0. The van der Waals surface area contributed by atoms with Crippen LogP contribution in [0.2, 0.25) is 0 Å². The van der Waals surface area contributed by atoms with E-state index in [1.165, 1.54) is 49.9 Å². The monoisotopic (exact) mass is 656 g/mol. The van der Waals surface area contributed by atoms with Crippen molar-refractivity contribution >= 4 is 23.7 Å². The maximum atomic E-state index is 14.2. The number of para-hydroxylation sites is 1. The van der Waals surface area contributed by atoms with E-state index in [1.807, 2.05) is 32.9 Å². The maximum Gasteiger partial charge on any atom is 0.322 e. The number of urea groups is 2. The van der Waals surface area contributed by atoms with Crippen LogP contribution < -0.4 is 10.6 Å². The number of fused-ring (bicyclic) bond motifs is 1. The van der Waals surface area contributed by atoms with Crippen LogP contribution in [0, 0.1) is 0 Å². The highest BCUT2D eigenvalue weighted by molar-refractivity contribution is 5.91. The number of likely N-dealkylation sites (tertiary alicyclic amines) is 3. The third-order valence-corrected chi connectivity index (χ3v) is 11.3. The molecule has 0 radical (unpaired) electrons. The van der Waals surface area contributed by atoms with Gasteiger partial charge in [0.15, 0.2) is 0 Å². The largest absolute Gasteiger partial charge is 0.341 e. The second kappa shape index (κ2) is 16.2. The van der Waals surface area contributed by atoms with Crippen LogP contribution in [0.4, 0.5) is 15.3 Å². The zero-order valence-corrected chi connectivity index (χ0v) is 29.2. The van der Waals surface area contributed by atoms with Gasteiger partial charge in [-0.05, 0) is 99.2 Å². The molecule has 1 unspecified atom stereocenters. The van der Waals surface area contributed by atoms with Gasteiger partial charge in [-0.3, -0.25) is 4.79 Å². The van der Waals surface area contributed by atoms with Crippen molar-refractivity contribution in [1.82, 2.24) is 24.9 Å². The Labute approximate surface area is 287 Å². The SMILES string of the molecule is CCc1ccc(CC(NC(=O)N2CCC(N3CCc4ccccc4NC3=O)CC2)C(=O)N2CCC(N3CCCCCC3)CC2)cc1CC. The quantitative estimate of drug-likeness (QED) is 0.373. The molecule has 2 aromatic carbocycles. The predicted molar refractivity (Wildman–Crippen MR) is 191 cm³/mol. The number of amides is 5. The lowest BCUT2D eigenvalue weighted by Gasteiger charge is -2.40. The van der Waals surface area contributed by atoms with Crippen molar-refractivity contribution in [2.75, 3.05) is 51.1 Å². The number of piperidine rings is 2. The minimum absolute atomic E-state index is 0.0333. The van der Waals surface area contributed by atoms with E-state index in [1.54, 1.807) is 0 Å². The van der Waals surface area contributed by atoms with Crippen molar-refractivity contribution in [3.05, 3.63) is 64.7 Å². The van der Waals surface area contributed by atoms with E-state index < -0.39 is 6.04 Å².